The molecule has 1 aromatic carbocycles. The molecule has 96 valence electrons. The van der Waals surface area contributed by atoms with E-state index in [2.05, 4.69) is 0 Å². The van der Waals surface area contributed by atoms with Crippen LogP contribution in [0, 0.1) is 0 Å². The maximum atomic E-state index is 12.5. The Hall–Kier alpha value is -1.22. The van der Waals surface area contributed by atoms with Gasteiger partial charge in [0.1, 0.15) is 18.3 Å². The van der Waals surface area contributed by atoms with Gasteiger partial charge < -0.3 is 9.64 Å². The molecule has 18 heavy (non-hydrogen) atoms. The van der Waals surface area contributed by atoms with Crippen LogP contribution in [0.2, 0.25) is 0 Å². The van der Waals surface area contributed by atoms with Crippen LogP contribution in [0.25, 0.3) is 0 Å². The van der Waals surface area contributed by atoms with Crippen molar-refractivity contribution in [3.8, 4) is 5.75 Å². The molecule has 0 saturated carbocycles. The van der Waals surface area contributed by atoms with Crippen molar-refractivity contribution in [2.24, 2.45) is 0 Å². The fourth-order valence-electron chi connectivity index (χ4n) is 2.71. The Labute approximate surface area is 112 Å². The Bertz CT molecular complexity index is 463. The number of rotatable bonds is 1. The number of carbonyl (C=O) groups excluding carboxylic acids is 1. The van der Waals surface area contributed by atoms with Crippen molar-refractivity contribution >= 4 is 17.5 Å². The number of alkyl halides is 1. The van der Waals surface area contributed by atoms with Crippen molar-refractivity contribution in [2.75, 3.05) is 19.7 Å². The van der Waals surface area contributed by atoms with Crippen molar-refractivity contribution in [3.63, 3.8) is 0 Å². The SMILES string of the molecule is O=C(C1COc2ccccc21)N1CCCC(Cl)C1. The Morgan fingerprint density at radius 1 is 1.39 bits per heavy atom. The summed E-state index contributed by atoms with van der Waals surface area (Å²) in [5.41, 5.74) is 1.01. The van der Waals surface area contributed by atoms with Gasteiger partial charge in [0.15, 0.2) is 0 Å². The second-order valence-corrected chi connectivity index (χ2v) is 5.54. The number of ether oxygens (including phenoxy) is 1. The number of carbonyl (C=O) groups is 1. The van der Waals surface area contributed by atoms with Crippen molar-refractivity contribution < 1.29 is 9.53 Å². The molecule has 0 N–H and O–H groups in total. The molecule has 2 aliphatic rings. The predicted molar refractivity (Wildman–Crippen MR) is 70.1 cm³/mol. The Morgan fingerprint density at radius 2 is 2.22 bits per heavy atom. The van der Waals surface area contributed by atoms with E-state index in [1.165, 1.54) is 0 Å². The van der Waals surface area contributed by atoms with Crippen LogP contribution >= 0.6 is 11.6 Å². The van der Waals surface area contributed by atoms with Crippen LogP contribution in [0.1, 0.15) is 24.3 Å². The number of likely N-dealkylation sites (tertiary alicyclic amines) is 1. The van der Waals surface area contributed by atoms with E-state index in [4.69, 9.17) is 16.3 Å². The summed E-state index contributed by atoms with van der Waals surface area (Å²) in [6.45, 7) is 1.95. The third kappa shape index (κ3) is 2.07. The van der Waals surface area contributed by atoms with Crippen LogP contribution in [0.4, 0.5) is 0 Å². The zero-order chi connectivity index (χ0) is 12.5. The number of nitrogens with zero attached hydrogens (tertiary/aromatic N) is 1. The summed E-state index contributed by atoms with van der Waals surface area (Å²) in [6.07, 6.45) is 2.00. The minimum absolute atomic E-state index is 0.0975. The molecule has 0 spiro atoms. The van der Waals surface area contributed by atoms with Gasteiger partial charge in [0.05, 0.1) is 5.38 Å². The predicted octanol–water partition coefficient (Wildman–Crippen LogP) is 2.39. The number of fused-ring (bicyclic) bond motifs is 1. The number of piperidine rings is 1. The minimum Gasteiger partial charge on any atom is -0.492 e. The van der Waals surface area contributed by atoms with Crippen LogP contribution < -0.4 is 4.74 Å². The van der Waals surface area contributed by atoms with Gasteiger partial charge >= 0.3 is 0 Å². The van der Waals surface area contributed by atoms with E-state index in [9.17, 15) is 4.79 Å². The lowest BCUT2D eigenvalue weighted by Crippen LogP contribution is -2.43. The van der Waals surface area contributed by atoms with Crippen molar-refractivity contribution in [1.29, 1.82) is 0 Å². The maximum absolute atomic E-state index is 12.5. The Kier molecular flexibility index (Phi) is 3.16. The monoisotopic (exact) mass is 265 g/mol. The smallest absolute Gasteiger partial charge is 0.233 e. The van der Waals surface area contributed by atoms with E-state index in [-0.39, 0.29) is 17.2 Å². The molecule has 1 saturated heterocycles. The molecule has 2 unspecified atom stereocenters. The molecule has 4 heteroatoms. The molecule has 1 amide bonds. The van der Waals surface area contributed by atoms with Crippen LogP contribution in [0.15, 0.2) is 24.3 Å². The molecule has 3 rings (SSSR count). The number of amides is 1. The fourth-order valence-corrected chi connectivity index (χ4v) is 3.03. The van der Waals surface area contributed by atoms with Gasteiger partial charge in [-0.1, -0.05) is 18.2 Å². The first-order valence-electron chi connectivity index (χ1n) is 6.40. The van der Waals surface area contributed by atoms with Crippen LogP contribution in [0.3, 0.4) is 0 Å². The van der Waals surface area contributed by atoms with Gasteiger partial charge in [-0.3, -0.25) is 4.79 Å². The largest absolute Gasteiger partial charge is 0.492 e. The molecule has 0 radical (unpaired) electrons. The third-order valence-electron chi connectivity index (χ3n) is 3.67. The topological polar surface area (TPSA) is 29.5 Å². The standard InChI is InChI=1S/C14H16ClNO2/c15-10-4-3-7-16(8-10)14(17)12-9-18-13-6-2-1-5-11(12)13/h1-2,5-6,10,12H,3-4,7-9H2. The van der Waals surface area contributed by atoms with Gasteiger partial charge in [-0.05, 0) is 18.9 Å². The van der Waals surface area contributed by atoms with E-state index < -0.39 is 0 Å². The molecule has 2 atom stereocenters. The lowest BCUT2D eigenvalue weighted by Gasteiger charge is -2.31. The second kappa shape index (κ2) is 4.81. The number of hydrogen-bond acceptors (Lipinski definition) is 2. The summed E-state index contributed by atoms with van der Waals surface area (Å²) in [5, 5.41) is 0.0975. The molecule has 2 heterocycles. The molecular weight excluding hydrogens is 250 g/mol. The highest BCUT2D eigenvalue weighted by molar-refractivity contribution is 6.21. The highest BCUT2D eigenvalue weighted by atomic mass is 35.5. The Morgan fingerprint density at radius 3 is 3.06 bits per heavy atom. The summed E-state index contributed by atoms with van der Waals surface area (Å²) >= 11 is 6.14. The van der Waals surface area contributed by atoms with E-state index in [1.54, 1.807) is 0 Å². The molecule has 0 aromatic heterocycles. The van der Waals surface area contributed by atoms with E-state index in [0.29, 0.717) is 13.2 Å². The van der Waals surface area contributed by atoms with Gasteiger partial charge in [0.2, 0.25) is 5.91 Å². The summed E-state index contributed by atoms with van der Waals surface area (Å²) in [4.78, 5) is 14.4. The van der Waals surface area contributed by atoms with Crippen LogP contribution in [0.5, 0.6) is 5.75 Å². The normalized spacial score (nSPS) is 26.6. The number of para-hydroxylation sites is 1. The lowest BCUT2D eigenvalue weighted by molar-refractivity contribution is -0.133. The van der Waals surface area contributed by atoms with Crippen molar-refractivity contribution in [1.82, 2.24) is 4.90 Å². The highest BCUT2D eigenvalue weighted by Gasteiger charge is 2.34. The average molecular weight is 266 g/mol. The fraction of sp³-hybridized carbons (Fsp3) is 0.500. The van der Waals surface area contributed by atoms with Crippen LogP contribution in [-0.2, 0) is 4.79 Å². The van der Waals surface area contributed by atoms with E-state index >= 15 is 0 Å². The lowest BCUT2D eigenvalue weighted by atomic mass is 9.98. The average Bonchev–Trinajstić information content (AvgIpc) is 2.82. The third-order valence-corrected chi connectivity index (χ3v) is 4.03. The molecule has 2 aliphatic heterocycles. The quantitative estimate of drug-likeness (QED) is 0.730. The Balaban J connectivity index is 1.78. The molecule has 1 fully saturated rings. The zero-order valence-electron chi connectivity index (χ0n) is 10.1. The molecular formula is C14H16ClNO2. The first kappa shape index (κ1) is 11.8. The number of benzene rings is 1. The van der Waals surface area contributed by atoms with Crippen LogP contribution in [-0.4, -0.2) is 35.9 Å². The summed E-state index contributed by atoms with van der Waals surface area (Å²) in [5.74, 6) is 0.851. The van der Waals surface area contributed by atoms with Gasteiger partial charge in [-0.15, -0.1) is 11.6 Å². The van der Waals surface area contributed by atoms with Gasteiger partial charge in [0, 0.05) is 18.7 Å². The molecule has 0 bridgehead atoms. The van der Waals surface area contributed by atoms with Gasteiger partial charge in [0.25, 0.3) is 0 Å². The van der Waals surface area contributed by atoms with Crippen molar-refractivity contribution in [2.45, 2.75) is 24.1 Å². The first-order valence-corrected chi connectivity index (χ1v) is 6.84. The molecule has 3 nitrogen and oxygen atoms in total. The second-order valence-electron chi connectivity index (χ2n) is 4.93. The van der Waals surface area contributed by atoms with E-state index in [0.717, 1.165) is 30.7 Å². The number of hydrogen-bond donors (Lipinski definition) is 0. The summed E-state index contributed by atoms with van der Waals surface area (Å²) in [6, 6.07) is 7.78. The zero-order valence-corrected chi connectivity index (χ0v) is 10.9. The molecule has 0 aliphatic carbocycles. The van der Waals surface area contributed by atoms with E-state index in [1.807, 2.05) is 29.2 Å². The highest BCUT2D eigenvalue weighted by Crippen LogP contribution is 2.35. The molecule has 1 aromatic rings. The number of halogens is 1. The summed E-state index contributed by atoms with van der Waals surface area (Å²) < 4.78 is 5.57. The van der Waals surface area contributed by atoms with Crippen molar-refractivity contribution in [3.05, 3.63) is 29.8 Å². The maximum Gasteiger partial charge on any atom is 0.233 e. The van der Waals surface area contributed by atoms with Gasteiger partial charge in [-0.2, -0.15) is 0 Å². The minimum atomic E-state index is -0.150. The first-order chi connectivity index (χ1) is 8.75. The van der Waals surface area contributed by atoms with Gasteiger partial charge in [-0.25, -0.2) is 0 Å². The summed E-state index contributed by atoms with van der Waals surface area (Å²) in [7, 11) is 0.